The van der Waals surface area contributed by atoms with Crippen LogP contribution in [0.15, 0.2) is 6.07 Å². The van der Waals surface area contributed by atoms with E-state index in [-0.39, 0.29) is 6.17 Å². The Morgan fingerprint density at radius 1 is 1.43 bits per heavy atom. The van der Waals surface area contributed by atoms with Crippen LogP contribution in [-0.4, -0.2) is 64.2 Å². The molecule has 0 aliphatic carbocycles. The van der Waals surface area contributed by atoms with Gasteiger partial charge in [0.25, 0.3) is 0 Å². The van der Waals surface area contributed by atoms with Gasteiger partial charge < -0.3 is 16.0 Å². The number of hydrogen-bond donors (Lipinski definition) is 4. The fraction of sp³-hybridized carbons (Fsp3) is 0.714. The Bertz CT molecular complexity index is 460. The molecular formula is C14H27N7. The summed E-state index contributed by atoms with van der Waals surface area (Å²) in [4.78, 5) is 4.56. The molecule has 5 N–H and O–H groups in total. The third-order valence-corrected chi connectivity index (χ3v) is 3.88. The van der Waals surface area contributed by atoms with E-state index in [9.17, 15) is 0 Å². The molecule has 2 heterocycles. The number of nitrogens with one attached hydrogen (secondary N) is 3. The first-order chi connectivity index (χ1) is 9.95. The van der Waals surface area contributed by atoms with Gasteiger partial charge in [-0.05, 0) is 20.8 Å². The normalized spacial score (nSPS) is 18.0. The van der Waals surface area contributed by atoms with E-state index in [1.807, 2.05) is 13.0 Å². The number of nitrogens with zero attached hydrogens (tertiary/aromatic N) is 3. The zero-order valence-corrected chi connectivity index (χ0v) is 13.2. The Balaban J connectivity index is 1.76. The summed E-state index contributed by atoms with van der Waals surface area (Å²) in [5.41, 5.74) is 7.05. The maximum absolute atomic E-state index is 8.22. The largest absolute Gasteiger partial charge is 0.358 e. The number of piperazine rings is 1. The quantitative estimate of drug-likeness (QED) is 0.366. The van der Waals surface area contributed by atoms with Crippen LogP contribution in [0.2, 0.25) is 0 Å². The zero-order valence-electron chi connectivity index (χ0n) is 13.2. The highest BCUT2D eigenvalue weighted by Crippen LogP contribution is 2.10. The van der Waals surface area contributed by atoms with Crippen LogP contribution in [-0.2, 0) is 0 Å². The van der Waals surface area contributed by atoms with Crippen LogP contribution in [0.4, 0.5) is 5.82 Å². The van der Waals surface area contributed by atoms with Crippen molar-refractivity contribution in [2.24, 2.45) is 5.73 Å². The van der Waals surface area contributed by atoms with Crippen molar-refractivity contribution in [3.05, 3.63) is 11.8 Å². The Morgan fingerprint density at radius 2 is 2.10 bits per heavy atom. The molecule has 0 amide bonds. The number of aryl methyl sites for hydroxylation is 1. The first-order valence-corrected chi connectivity index (χ1v) is 7.56. The van der Waals surface area contributed by atoms with Gasteiger partial charge in [-0.25, -0.2) is 0 Å². The number of amidine groups is 1. The first-order valence-electron chi connectivity index (χ1n) is 7.56. The van der Waals surface area contributed by atoms with Crippen LogP contribution in [0, 0.1) is 12.3 Å². The van der Waals surface area contributed by atoms with Crippen LogP contribution in [0.1, 0.15) is 26.0 Å². The molecule has 0 spiro atoms. The summed E-state index contributed by atoms with van der Waals surface area (Å²) in [6, 6.07) is 2.48. The molecule has 1 fully saturated rings. The lowest BCUT2D eigenvalue weighted by Crippen LogP contribution is -2.51. The molecule has 7 heteroatoms. The van der Waals surface area contributed by atoms with E-state index >= 15 is 0 Å². The fourth-order valence-electron chi connectivity index (χ4n) is 2.58. The molecule has 0 aromatic carbocycles. The van der Waals surface area contributed by atoms with Crippen LogP contribution in [0.25, 0.3) is 0 Å². The van der Waals surface area contributed by atoms with Crippen LogP contribution >= 0.6 is 0 Å². The van der Waals surface area contributed by atoms with Crippen molar-refractivity contribution < 1.29 is 0 Å². The minimum atomic E-state index is -0.289. The van der Waals surface area contributed by atoms with Gasteiger partial charge in [-0.2, -0.15) is 5.10 Å². The molecule has 1 atom stereocenters. The molecule has 1 unspecified atom stereocenters. The average Bonchev–Trinajstić information content (AvgIpc) is 2.83. The van der Waals surface area contributed by atoms with E-state index < -0.39 is 0 Å². The lowest BCUT2D eigenvalue weighted by atomic mass is 10.2. The molecule has 1 aromatic rings. The predicted molar refractivity (Wildman–Crippen MR) is 85.5 cm³/mol. The summed E-state index contributed by atoms with van der Waals surface area (Å²) in [5, 5.41) is 18.3. The molecule has 0 bridgehead atoms. The lowest BCUT2D eigenvalue weighted by Gasteiger charge is -2.38. The molecule has 21 heavy (non-hydrogen) atoms. The highest BCUT2D eigenvalue weighted by molar-refractivity contribution is 5.80. The third-order valence-electron chi connectivity index (χ3n) is 3.88. The average molecular weight is 293 g/mol. The van der Waals surface area contributed by atoms with Gasteiger partial charge >= 0.3 is 0 Å². The van der Waals surface area contributed by atoms with E-state index in [0.717, 1.165) is 37.7 Å². The van der Waals surface area contributed by atoms with Crippen molar-refractivity contribution in [1.29, 1.82) is 5.41 Å². The summed E-state index contributed by atoms with van der Waals surface area (Å²) in [6.07, 6.45) is 0.219. The summed E-state index contributed by atoms with van der Waals surface area (Å²) in [7, 11) is 0. The van der Waals surface area contributed by atoms with E-state index in [2.05, 4.69) is 39.2 Å². The fourth-order valence-corrected chi connectivity index (χ4v) is 2.58. The molecule has 1 saturated heterocycles. The number of aromatic nitrogens is 2. The van der Waals surface area contributed by atoms with Crippen molar-refractivity contribution in [2.45, 2.75) is 39.4 Å². The highest BCUT2D eigenvalue weighted by atomic mass is 15.3. The van der Waals surface area contributed by atoms with Gasteiger partial charge in [-0.3, -0.25) is 15.4 Å². The van der Waals surface area contributed by atoms with Gasteiger partial charge in [-0.15, -0.1) is 0 Å². The minimum absolute atomic E-state index is 0.289. The molecule has 1 aliphatic rings. The Morgan fingerprint density at radius 3 is 2.62 bits per heavy atom. The van der Waals surface area contributed by atoms with E-state index in [1.54, 1.807) is 0 Å². The standard InChI is InChI=1S/C14H27N7/c1-10(2)20-4-6-21(7-5-20)13(16)9-12(15)17-14-8-11(3)18-19-14/h8,10,12,16H,4-7,9,15H2,1-3H3,(H2,17,18,19). The Labute approximate surface area is 126 Å². The van der Waals surface area contributed by atoms with Crippen LogP contribution < -0.4 is 11.1 Å². The van der Waals surface area contributed by atoms with Gasteiger partial charge in [0.1, 0.15) is 5.82 Å². The summed E-state index contributed by atoms with van der Waals surface area (Å²) in [6.45, 7) is 10.2. The number of nitrogens with two attached hydrogens (primary N) is 1. The monoisotopic (exact) mass is 293 g/mol. The third kappa shape index (κ3) is 4.44. The van der Waals surface area contributed by atoms with Crippen molar-refractivity contribution in [1.82, 2.24) is 20.0 Å². The topological polar surface area (TPSA) is 97.1 Å². The molecule has 7 nitrogen and oxygen atoms in total. The van der Waals surface area contributed by atoms with Crippen molar-refractivity contribution >= 4 is 11.7 Å². The maximum atomic E-state index is 8.22. The lowest BCUT2D eigenvalue weighted by molar-refractivity contribution is 0.147. The Hall–Kier alpha value is -1.60. The van der Waals surface area contributed by atoms with Crippen molar-refractivity contribution in [3.8, 4) is 0 Å². The molecule has 1 aliphatic heterocycles. The number of H-pyrrole nitrogens is 1. The van der Waals surface area contributed by atoms with Gasteiger partial charge in [0.15, 0.2) is 0 Å². The molecule has 1 aromatic heterocycles. The van der Waals surface area contributed by atoms with Gasteiger partial charge in [0, 0.05) is 50.4 Å². The molecule has 0 radical (unpaired) electrons. The number of rotatable bonds is 5. The van der Waals surface area contributed by atoms with E-state index in [1.165, 1.54) is 0 Å². The summed E-state index contributed by atoms with van der Waals surface area (Å²) < 4.78 is 0. The van der Waals surface area contributed by atoms with Crippen molar-refractivity contribution in [3.63, 3.8) is 0 Å². The van der Waals surface area contributed by atoms with Gasteiger partial charge in [0.2, 0.25) is 0 Å². The second-order valence-electron chi connectivity index (χ2n) is 5.95. The maximum Gasteiger partial charge on any atom is 0.149 e. The van der Waals surface area contributed by atoms with Gasteiger partial charge in [0.05, 0.1) is 12.0 Å². The number of anilines is 1. The molecule has 2 rings (SSSR count). The zero-order chi connectivity index (χ0) is 15.4. The molecular weight excluding hydrogens is 266 g/mol. The van der Waals surface area contributed by atoms with Crippen LogP contribution in [0.5, 0.6) is 0 Å². The highest BCUT2D eigenvalue weighted by Gasteiger charge is 2.21. The molecule has 118 valence electrons. The summed E-state index contributed by atoms with van der Waals surface area (Å²) in [5.74, 6) is 1.34. The Kier molecular flexibility index (Phi) is 5.19. The number of aromatic amines is 1. The SMILES string of the molecule is Cc1cc(NC(N)CC(=N)N2CCN(C(C)C)CC2)n[nH]1. The smallest absolute Gasteiger partial charge is 0.149 e. The van der Waals surface area contributed by atoms with Gasteiger partial charge in [-0.1, -0.05) is 0 Å². The molecule has 0 saturated carbocycles. The second kappa shape index (κ2) is 6.91. The second-order valence-corrected chi connectivity index (χ2v) is 5.95. The summed E-state index contributed by atoms with van der Waals surface area (Å²) >= 11 is 0. The minimum Gasteiger partial charge on any atom is -0.358 e. The van der Waals surface area contributed by atoms with Crippen molar-refractivity contribution in [2.75, 3.05) is 31.5 Å². The van der Waals surface area contributed by atoms with E-state index in [4.69, 9.17) is 11.1 Å². The predicted octanol–water partition coefficient (Wildman–Crippen LogP) is 0.808. The van der Waals surface area contributed by atoms with E-state index in [0.29, 0.717) is 18.3 Å². The number of hydrogen-bond acceptors (Lipinski definition) is 5. The first kappa shape index (κ1) is 15.8. The van der Waals surface area contributed by atoms with Crippen LogP contribution in [0.3, 0.4) is 0 Å².